The number of anilines is 1. The largest absolute Gasteiger partial charge is 0.489 e. The Morgan fingerprint density at radius 3 is 2.52 bits per heavy atom. The number of hydrogen-bond acceptors (Lipinski definition) is 6. The van der Waals surface area contributed by atoms with Gasteiger partial charge in [0.15, 0.2) is 0 Å². The third kappa shape index (κ3) is 4.64. The van der Waals surface area contributed by atoms with Gasteiger partial charge in [-0.3, -0.25) is 20.2 Å². The molecule has 0 spiro atoms. The quantitative estimate of drug-likeness (QED) is 0.408. The van der Waals surface area contributed by atoms with Crippen LogP contribution in [0.25, 0.3) is 0 Å². The summed E-state index contributed by atoms with van der Waals surface area (Å²) < 4.78 is 5.78. The van der Waals surface area contributed by atoms with Crippen LogP contribution in [0, 0.1) is 5.41 Å². The molecule has 0 unspecified atom stereocenters. The van der Waals surface area contributed by atoms with Gasteiger partial charge in [-0.1, -0.05) is 23.2 Å². The van der Waals surface area contributed by atoms with Gasteiger partial charge in [0.05, 0.1) is 15.8 Å². The van der Waals surface area contributed by atoms with Crippen molar-refractivity contribution in [3.8, 4) is 5.75 Å². The maximum atomic E-state index is 11.6. The van der Waals surface area contributed by atoms with E-state index in [0.29, 0.717) is 38.2 Å². The number of ether oxygens (including phenoxy) is 1. The summed E-state index contributed by atoms with van der Waals surface area (Å²) in [5.41, 5.74) is 8.49. The van der Waals surface area contributed by atoms with Crippen LogP contribution in [0.5, 0.6) is 5.75 Å². The lowest BCUT2D eigenvalue weighted by molar-refractivity contribution is 0.0958. The van der Waals surface area contributed by atoms with E-state index in [9.17, 15) is 4.79 Å². The Labute approximate surface area is 177 Å². The lowest BCUT2D eigenvalue weighted by Gasteiger charge is -2.13. The number of nitrogen functional groups attached to an aromatic ring is 1. The zero-order valence-corrected chi connectivity index (χ0v) is 16.9. The minimum Gasteiger partial charge on any atom is -0.489 e. The number of carbonyl (C=O) groups excluding carboxylic acids is 1. The monoisotopic (exact) mass is 429 g/mol. The topological polar surface area (TPSA) is 114 Å². The van der Waals surface area contributed by atoms with Gasteiger partial charge < -0.3 is 15.8 Å². The van der Waals surface area contributed by atoms with Crippen molar-refractivity contribution in [1.82, 2.24) is 15.3 Å². The van der Waals surface area contributed by atoms with Crippen LogP contribution in [0.2, 0.25) is 10.0 Å². The number of hydrogen-bond donors (Lipinski definition) is 3. The second-order valence-electron chi connectivity index (χ2n) is 6.01. The van der Waals surface area contributed by atoms with E-state index in [4.69, 9.17) is 39.1 Å². The molecule has 148 valence electrons. The van der Waals surface area contributed by atoms with Crippen LogP contribution in [-0.4, -0.2) is 28.6 Å². The molecule has 0 aliphatic rings. The first kappa shape index (κ1) is 20.6. The molecule has 7 nitrogen and oxygen atoms in total. The maximum Gasteiger partial charge on any atom is 0.269 e. The molecule has 0 atom stereocenters. The van der Waals surface area contributed by atoms with Gasteiger partial charge in [0.1, 0.15) is 18.1 Å². The molecule has 0 saturated carbocycles. The third-order valence-corrected chi connectivity index (χ3v) is 4.79. The highest BCUT2D eigenvalue weighted by Crippen LogP contribution is 2.27. The molecule has 1 amide bonds. The number of pyridine rings is 2. The second kappa shape index (κ2) is 8.89. The molecular weight excluding hydrogens is 413 g/mol. The van der Waals surface area contributed by atoms with Crippen molar-refractivity contribution in [3.05, 3.63) is 81.4 Å². The first-order valence-corrected chi connectivity index (χ1v) is 9.24. The number of amides is 1. The summed E-state index contributed by atoms with van der Waals surface area (Å²) in [6.07, 6.45) is 4.44. The van der Waals surface area contributed by atoms with Crippen LogP contribution in [0.4, 0.5) is 5.69 Å². The Bertz CT molecular complexity index is 1050. The van der Waals surface area contributed by atoms with Crippen LogP contribution < -0.4 is 15.8 Å². The standard InChI is InChI=1S/C20H17Cl2N5O2/c1-25-20(28)18-5-2-11(7-27-18)19(24)13-6-12(3-4-17(13)23)29-10-14-15(21)8-26-9-16(14)22/h2-9,24H,10,23H2,1H3,(H,25,28). The lowest BCUT2D eigenvalue weighted by atomic mass is 10.0. The minimum absolute atomic E-state index is 0.138. The number of aromatic nitrogens is 2. The lowest BCUT2D eigenvalue weighted by Crippen LogP contribution is -2.19. The Kier molecular flexibility index (Phi) is 6.31. The highest BCUT2D eigenvalue weighted by atomic mass is 35.5. The zero-order valence-electron chi connectivity index (χ0n) is 15.4. The van der Waals surface area contributed by atoms with Crippen molar-refractivity contribution in [2.75, 3.05) is 12.8 Å². The normalized spacial score (nSPS) is 10.4. The molecule has 3 aromatic rings. The van der Waals surface area contributed by atoms with Crippen LogP contribution in [0.15, 0.2) is 48.9 Å². The Hall–Kier alpha value is -3.16. The molecule has 0 aliphatic heterocycles. The Balaban J connectivity index is 1.81. The van der Waals surface area contributed by atoms with Crippen molar-refractivity contribution in [1.29, 1.82) is 5.41 Å². The van der Waals surface area contributed by atoms with Gasteiger partial charge in [0.2, 0.25) is 0 Å². The molecule has 0 saturated heterocycles. The number of nitrogens with one attached hydrogen (secondary N) is 2. The zero-order chi connectivity index (χ0) is 21.0. The van der Waals surface area contributed by atoms with Gasteiger partial charge in [-0.2, -0.15) is 0 Å². The Morgan fingerprint density at radius 2 is 1.90 bits per heavy atom. The van der Waals surface area contributed by atoms with Crippen LogP contribution in [0.1, 0.15) is 27.2 Å². The highest BCUT2D eigenvalue weighted by Gasteiger charge is 2.13. The molecule has 2 heterocycles. The van der Waals surface area contributed by atoms with Crippen molar-refractivity contribution in [2.45, 2.75) is 6.61 Å². The van der Waals surface area contributed by atoms with Crippen molar-refractivity contribution < 1.29 is 9.53 Å². The molecule has 9 heteroatoms. The van der Waals surface area contributed by atoms with Crippen LogP contribution >= 0.6 is 23.2 Å². The first-order valence-electron chi connectivity index (χ1n) is 8.48. The highest BCUT2D eigenvalue weighted by molar-refractivity contribution is 6.35. The number of halogens is 2. The third-order valence-electron chi connectivity index (χ3n) is 4.14. The fraction of sp³-hybridized carbons (Fsp3) is 0.100. The molecular formula is C20H17Cl2N5O2. The van der Waals surface area contributed by atoms with Gasteiger partial charge in [-0.05, 0) is 30.3 Å². The molecule has 2 aromatic heterocycles. The maximum absolute atomic E-state index is 11.6. The summed E-state index contributed by atoms with van der Waals surface area (Å²) in [5, 5.41) is 11.8. The van der Waals surface area contributed by atoms with E-state index in [1.165, 1.54) is 25.6 Å². The molecule has 1 aromatic carbocycles. The molecule has 0 radical (unpaired) electrons. The molecule has 0 bridgehead atoms. The van der Waals surface area contributed by atoms with E-state index in [2.05, 4.69) is 15.3 Å². The predicted octanol–water partition coefficient (Wildman–Crippen LogP) is 3.72. The summed E-state index contributed by atoms with van der Waals surface area (Å²) in [6, 6.07) is 8.20. The number of nitrogens with two attached hydrogens (primary N) is 1. The summed E-state index contributed by atoms with van der Waals surface area (Å²) >= 11 is 12.2. The average molecular weight is 430 g/mol. The fourth-order valence-electron chi connectivity index (χ4n) is 2.53. The number of rotatable bonds is 6. The van der Waals surface area contributed by atoms with E-state index in [0.717, 1.165) is 0 Å². The molecule has 0 aliphatic carbocycles. The molecule has 3 rings (SSSR count). The smallest absolute Gasteiger partial charge is 0.269 e. The Morgan fingerprint density at radius 1 is 1.17 bits per heavy atom. The molecule has 4 N–H and O–H groups in total. The number of nitrogens with zero attached hydrogens (tertiary/aromatic N) is 2. The molecule has 0 fully saturated rings. The number of benzene rings is 1. The first-order chi connectivity index (χ1) is 13.9. The minimum atomic E-state index is -0.300. The molecule has 29 heavy (non-hydrogen) atoms. The SMILES string of the molecule is CNC(=O)c1ccc(C(=N)c2cc(OCc3c(Cl)cncc3Cl)ccc2N)cn1. The van der Waals surface area contributed by atoms with Gasteiger partial charge in [0, 0.05) is 48.0 Å². The average Bonchev–Trinajstić information content (AvgIpc) is 2.73. The van der Waals surface area contributed by atoms with E-state index in [-0.39, 0.29) is 23.9 Å². The van der Waals surface area contributed by atoms with Gasteiger partial charge >= 0.3 is 0 Å². The summed E-state index contributed by atoms with van der Waals surface area (Å²) in [4.78, 5) is 19.6. The number of carbonyl (C=O) groups is 1. The van der Waals surface area contributed by atoms with Gasteiger partial charge in [-0.25, -0.2) is 0 Å². The van der Waals surface area contributed by atoms with E-state index in [1.54, 1.807) is 30.3 Å². The predicted molar refractivity (Wildman–Crippen MR) is 113 cm³/mol. The van der Waals surface area contributed by atoms with Crippen molar-refractivity contribution in [3.63, 3.8) is 0 Å². The van der Waals surface area contributed by atoms with Gasteiger partial charge in [0.25, 0.3) is 5.91 Å². The van der Waals surface area contributed by atoms with Crippen LogP contribution in [-0.2, 0) is 6.61 Å². The summed E-state index contributed by atoms with van der Waals surface area (Å²) in [6.45, 7) is 0.138. The van der Waals surface area contributed by atoms with E-state index < -0.39 is 0 Å². The van der Waals surface area contributed by atoms with Crippen molar-refractivity contribution in [2.24, 2.45) is 0 Å². The summed E-state index contributed by atoms with van der Waals surface area (Å²) in [5.74, 6) is 0.198. The van der Waals surface area contributed by atoms with E-state index in [1.807, 2.05) is 0 Å². The fourth-order valence-corrected chi connectivity index (χ4v) is 3.01. The van der Waals surface area contributed by atoms with Crippen LogP contribution in [0.3, 0.4) is 0 Å². The summed E-state index contributed by atoms with van der Waals surface area (Å²) in [7, 11) is 1.53. The van der Waals surface area contributed by atoms with E-state index >= 15 is 0 Å². The van der Waals surface area contributed by atoms with Crippen molar-refractivity contribution >= 4 is 40.5 Å². The van der Waals surface area contributed by atoms with Gasteiger partial charge in [-0.15, -0.1) is 0 Å². The second-order valence-corrected chi connectivity index (χ2v) is 6.82.